The van der Waals surface area contributed by atoms with E-state index in [2.05, 4.69) is 17.2 Å². The number of anilines is 2. The van der Waals surface area contributed by atoms with E-state index in [9.17, 15) is 9.59 Å². The molecule has 7 heteroatoms. The number of carbonyl (C=O) groups excluding carboxylic acids is 2. The van der Waals surface area contributed by atoms with Gasteiger partial charge >= 0.3 is 5.97 Å². The maximum absolute atomic E-state index is 12.6. The first-order valence-electron chi connectivity index (χ1n) is 9.96. The van der Waals surface area contributed by atoms with Crippen molar-refractivity contribution in [2.24, 2.45) is 5.92 Å². The number of pyridine rings is 1. The molecule has 7 nitrogen and oxygen atoms in total. The third-order valence-corrected chi connectivity index (χ3v) is 4.79. The van der Waals surface area contributed by atoms with Crippen molar-refractivity contribution in [3.8, 4) is 5.75 Å². The Kier molecular flexibility index (Phi) is 7.05. The van der Waals surface area contributed by atoms with Gasteiger partial charge < -0.3 is 19.7 Å². The number of carbonyl (C=O) groups is 2. The Balaban J connectivity index is 1.61. The van der Waals surface area contributed by atoms with Crippen LogP contribution in [0.3, 0.4) is 0 Å². The van der Waals surface area contributed by atoms with Crippen LogP contribution in [-0.2, 0) is 9.53 Å². The van der Waals surface area contributed by atoms with Gasteiger partial charge in [-0.25, -0.2) is 9.78 Å². The lowest BCUT2D eigenvalue weighted by Gasteiger charge is -2.30. The standard InChI is InChI=1S/C22H27N3O4/c1-3-28-18-10-8-17(9-11-18)24-21-19(7-4-12-23-21)22(27)29-15-20(26)25-13-5-6-16(2)14-25/h4,7-12,16H,3,5-6,13-15H2,1-2H3,(H,23,24)/t16-/m1/s1. The number of ether oxygens (including phenoxy) is 2. The van der Waals surface area contributed by atoms with E-state index in [0.29, 0.717) is 24.9 Å². The van der Waals surface area contributed by atoms with E-state index in [1.807, 2.05) is 31.2 Å². The van der Waals surface area contributed by atoms with Crippen LogP contribution in [-0.4, -0.2) is 48.1 Å². The zero-order chi connectivity index (χ0) is 20.6. The van der Waals surface area contributed by atoms with Crippen LogP contribution < -0.4 is 10.1 Å². The molecular formula is C22H27N3O4. The van der Waals surface area contributed by atoms with E-state index in [1.165, 1.54) is 0 Å². The Bertz CT molecular complexity index is 838. The molecule has 3 rings (SSSR count). The number of piperidine rings is 1. The molecule has 0 aliphatic carbocycles. The molecule has 1 aliphatic heterocycles. The fourth-order valence-electron chi connectivity index (χ4n) is 3.32. The second-order valence-electron chi connectivity index (χ2n) is 7.15. The van der Waals surface area contributed by atoms with Gasteiger partial charge in [-0.3, -0.25) is 4.79 Å². The molecule has 1 aromatic heterocycles. The summed E-state index contributed by atoms with van der Waals surface area (Å²) in [5, 5.41) is 3.12. The summed E-state index contributed by atoms with van der Waals surface area (Å²) >= 11 is 0. The number of hydrogen-bond acceptors (Lipinski definition) is 6. The van der Waals surface area contributed by atoms with Crippen LogP contribution in [0.25, 0.3) is 0 Å². The molecule has 1 fully saturated rings. The number of nitrogens with one attached hydrogen (secondary N) is 1. The molecule has 154 valence electrons. The predicted molar refractivity (Wildman–Crippen MR) is 110 cm³/mol. The first kappa shape index (κ1) is 20.6. The summed E-state index contributed by atoms with van der Waals surface area (Å²) in [5.74, 6) is 0.886. The van der Waals surface area contributed by atoms with Gasteiger partial charge in [0.25, 0.3) is 5.91 Å². The van der Waals surface area contributed by atoms with Crippen molar-refractivity contribution in [1.82, 2.24) is 9.88 Å². The lowest BCUT2D eigenvalue weighted by Crippen LogP contribution is -2.41. The summed E-state index contributed by atoms with van der Waals surface area (Å²) in [6.07, 6.45) is 3.70. The summed E-state index contributed by atoms with van der Waals surface area (Å²) in [6, 6.07) is 10.6. The van der Waals surface area contributed by atoms with E-state index in [1.54, 1.807) is 23.2 Å². The molecule has 1 aliphatic rings. The van der Waals surface area contributed by atoms with Crippen molar-refractivity contribution in [1.29, 1.82) is 0 Å². The number of benzene rings is 1. The van der Waals surface area contributed by atoms with Crippen LogP contribution in [0.5, 0.6) is 5.75 Å². The molecule has 1 N–H and O–H groups in total. The van der Waals surface area contributed by atoms with Crippen molar-refractivity contribution in [2.45, 2.75) is 26.7 Å². The molecule has 0 saturated carbocycles. The lowest BCUT2D eigenvalue weighted by atomic mass is 10.0. The molecule has 0 bridgehead atoms. The molecule has 0 unspecified atom stereocenters. The fourth-order valence-corrected chi connectivity index (χ4v) is 3.32. The molecule has 2 heterocycles. The van der Waals surface area contributed by atoms with Gasteiger partial charge in [-0.15, -0.1) is 0 Å². The maximum atomic E-state index is 12.6. The fraction of sp³-hybridized carbons (Fsp3) is 0.409. The topological polar surface area (TPSA) is 80.8 Å². The molecule has 1 amide bonds. The largest absolute Gasteiger partial charge is 0.494 e. The molecule has 0 spiro atoms. The Morgan fingerprint density at radius 2 is 2.03 bits per heavy atom. The monoisotopic (exact) mass is 397 g/mol. The Hall–Kier alpha value is -3.09. The summed E-state index contributed by atoms with van der Waals surface area (Å²) in [6.45, 7) is 5.82. The van der Waals surface area contributed by atoms with E-state index >= 15 is 0 Å². The van der Waals surface area contributed by atoms with E-state index < -0.39 is 5.97 Å². The average Bonchev–Trinajstić information content (AvgIpc) is 2.74. The summed E-state index contributed by atoms with van der Waals surface area (Å²) in [7, 11) is 0. The molecule has 2 aromatic rings. The van der Waals surface area contributed by atoms with Gasteiger partial charge in [0.1, 0.15) is 17.1 Å². The molecule has 1 saturated heterocycles. The molecule has 29 heavy (non-hydrogen) atoms. The second-order valence-corrected chi connectivity index (χ2v) is 7.15. The number of likely N-dealkylation sites (tertiary alicyclic amines) is 1. The number of aromatic nitrogens is 1. The molecule has 1 atom stereocenters. The third-order valence-electron chi connectivity index (χ3n) is 4.79. The maximum Gasteiger partial charge on any atom is 0.342 e. The summed E-state index contributed by atoms with van der Waals surface area (Å²) in [5.41, 5.74) is 1.04. The van der Waals surface area contributed by atoms with Gasteiger partial charge in [0, 0.05) is 25.0 Å². The lowest BCUT2D eigenvalue weighted by molar-refractivity contribution is -0.136. The smallest absolute Gasteiger partial charge is 0.342 e. The van der Waals surface area contributed by atoms with Gasteiger partial charge in [0.05, 0.1) is 6.61 Å². The Morgan fingerprint density at radius 1 is 1.24 bits per heavy atom. The predicted octanol–water partition coefficient (Wildman–Crippen LogP) is 3.64. The minimum absolute atomic E-state index is 0.158. The normalized spacial score (nSPS) is 16.2. The van der Waals surface area contributed by atoms with E-state index in [0.717, 1.165) is 30.8 Å². The molecule has 1 aromatic carbocycles. The van der Waals surface area contributed by atoms with Crippen molar-refractivity contribution < 1.29 is 19.1 Å². The quantitative estimate of drug-likeness (QED) is 0.719. The van der Waals surface area contributed by atoms with Gasteiger partial charge in [-0.1, -0.05) is 6.92 Å². The first-order chi connectivity index (χ1) is 14.1. The van der Waals surface area contributed by atoms with Crippen LogP contribution >= 0.6 is 0 Å². The number of esters is 1. The van der Waals surface area contributed by atoms with Crippen LogP contribution in [0.2, 0.25) is 0 Å². The van der Waals surface area contributed by atoms with Crippen molar-refractivity contribution in [3.05, 3.63) is 48.2 Å². The van der Waals surface area contributed by atoms with Crippen LogP contribution in [0, 0.1) is 5.92 Å². The zero-order valence-corrected chi connectivity index (χ0v) is 16.9. The van der Waals surface area contributed by atoms with Gasteiger partial charge in [-0.05, 0) is 62.1 Å². The van der Waals surface area contributed by atoms with Gasteiger partial charge in [0.15, 0.2) is 6.61 Å². The highest BCUT2D eigenvalue weighted by atomic mass is 16.5. The highest BCUT2D eigenvalue weighted by Crippen LogP contribution is 2.22. The van der Waals surface area contributed by atoms with E-state index in [-0.39, 0.29) is 18.1 Å². The summed E-state index contributed by atoms with van der Waals surface area (Å²) < 4.78 is 10.7. The molecule has 0 radical (unpaired) electrons. The highest BCUT2D eigenvalue weighted by Gasteiger charge is 2.23. The number of nitrogens with zero attached hydrogens (tertiary/aromatic N) is 2. The van der Waals surface area contributed by atoms with Crippen molar-refractivity contribution >= 4 is 23.4 Å². The minimum Gasteiger partial charge on any atom is -0.494 e. The second kappa shape index (κ2) is 9.91. The van der Waals surface area contributed by atoms with Crippen LogP contribution in [0.4, 0.5) is 11.5 Å². The number of rotatable bonds is 7. The summed E-state index contributed by atoms with van der Waals surface area (Å²) in [4.78, 5) is 30.9. The Labute approximate surface area is 171 Å². The Morgan fingerprint density at radius 3 is 2.76 bits per heavy atom. The van der Waals surface area contributed by atoms with Crippen molar-refractivity contribution in [2.75, 3.05) is 31.6 Å². The van der Waals surface area contributed by atoms with Crippen LogP contribution in [0.1, 0.15) is 37.0 Å². The first-order valence-corrected chi connectivity index (χ1v) is 9.96. The number of hydrogen-bond donors (Lipinski definition) is 1. The van der Waals surface area contributed by atoms with Crippen molar-refractivity contribution in [3.63, 3.8) is 0 Å². The molecular weight excluding hydrogens is 370 g/mol. The van der Waals surface area contributed by atoms with Gasteiger partial charge in [-0.2, -0.15) is 0 Å². The zero-order valence-electron chi connectivity index (χ0n) is 16.9. The van der Waals surface area contributed by atoms with Gasteiger partial charge in [0.2, 0.25) is 0 Å². The minimum atomic E-state index is -0.579. The number of amides is 1. The van der Waals surface area contributed by atoms with Crippen LogP contribution in [0.15, 0.2) is 42.6 Å². The SMILES string of the molecule is CCOc1ccc(Nc2ncccc2C(=O)OCC(=O)N2CCC[C@@H](C)C2)cc1. The van der Waals surface area contributed by atoms with E-state index in [4.69, 9.17) is 9.47 Å². The highest BCUT2D eigenvalue weighted by molar-refractivity contribution is 5.96. The average molecular weight is 397 g/mol. The third kappa shape index (κ3) is 5.70.